The van der Waals surface area contributed by atoms with Gasteiger partial charge in [-0.05, 0) is 35.6 Å². The van der Waals surface area contributed by atoms with Crippen LogP contribution in [0.5, 0.6) is 0 Å². The molecule has 0 aliphatic heterocycles. The summed E-state index contributed by atoms with van der Waals surface area (Å²) in [6, 6.07) is 17.0. The molecule has 82 valence electrons. The number of benzene rings is 2. The van der Waals surface area contributed by atoms with Gasteiger partial charge in [-0.15, -0.1) is 0 Å². The molecule has 0 heterocycles. The lowest BCUT2D eigenvalue weighted by Crippen LogP contribution is -1.99. The predicted octanol–water partition coefficient (Wildman–Crippen LogP) is 3.04. The van der Waals surface area contributed by atoms with Crippen molar-refractivity contribution in [2.24, 2.45) is 5.73 Å². The van der Waals surface area contributed by atoms with E-state index in [2.05, 4.69) is 49.4 Å². The topological polar surface area (TPSA) is 26.0 Å². The molecular weight excluding hydrogens is 194 g/mol. The van der Waals surface area contributed by atoms with Crippen LogP contribution >= 0.6 is 0 Å². The number of aryl methyl sites for hydroxylation is 1. The summed E-state index contributed by atoms with van der Waals surface area (Å²) in [5.74, 6) is 0. The molecule has 0 bridgehead atoms. The summed E-state index contributed by atoms with van der Waals surface area (Å²) in [4.78, 5) is 0. The minimum absolute atomic E-state index is 0.613. The highest BCUT2D eigenvalue weighted by Crippen LogP contribution is 2.15. The summed E-state index contributed by atoms with van der Waals surface area (Å²) < 4.78 is 0. The number of hydrogen-bond donors (Lipinski definition) is 1. The van der Waals surface area contributed by atoms with Crippen LogP contribution in [-0.2, 0) is 13.0 Å². The van der Waals surface area contributed by atoms with E-state index in [-0.39, 0.29) is 0 Å². The van der Waals surface area contributed by atoms with Gasteiger partial charge in [-0.25, -0.2) is 0 Å². The van der Waals surface area contributed by atoms with Gasteiger partial charge in [0.25, 0.3) is 0 Å². The highest BCUT2D eigenvalue weighted by Gasteiger charge is 2.01. The van der Waals surface area contributed by atoms with Crippen molar-refractivity contribution in [3.8, 4) is 0 Å². The molecule has 0 aromatic heterocycles. The van der Waals surface area contributed by atoms with Gasteiger partial charge in [0, 0.05) is 6.54 Å². The third-order valence-electron chi connectivity index (χ3n) is 2.89. The van der Waals surface area contributed by atoms with Crippen molar-refractivity contribution in [2.45, 2.75) is 19.9 Å². The molecule has 0 aliphatic carbocycles. The van der Waals surface area contributed by atoms with Gasteiger partial charge in [0.05, 0.1) is 0 Å². The Hall–Kier alpha value is -1.60. The smallest absolute Gasteiger partial charge is 0.0178 e. The van der Waals surface area contributed by atoms with Gasteiger partial charge in [-0.3, -0.25) is 0 Å². The van der Waals surface area contributed by atoms with E-state index in [9.17, 15) is 0 Å². The average Bonchev–Trinajstić information content (AvgIpc) is 2.33. The van der Waals surface area contributed by atoms with E-state index in [0.717, 1.165) is 6.42 Å². The SMILES string of the molecule is Cc1ccc(CN)cc1Cc1ccccc1. The van der Waals surface area contributed by atoms with Crippen LogP contribution in [0.25, 0.3) is 0 Å². The van der Waals surface area contributed by atoms with E-state index < -0.39 is 0 Å². The van der Waals surface area contributed by atoms with Gasteiger partial charge in [-0.1, -0.05) is 48.5 Å². The van der Waals surface area contributed by atoms with Crippen LogP contribution in [0.4, 0.5) is 0 Å². The zero-order valence-corrected chi connectivity index (χ0v) is 9.61. The second-order valence-corrected chi connectivity index (χ2v) is 4.13. The molecular formula is C15H17N. The van der Waals surface area contributed by atoms with Crippen molar-refractivity contribution in [3.63, 3.8) is 0 Å². The molecule has 0 saturated heterocycles. The highest BCUT2D eigenvalue weighted by molar-refractivity contribution is 5.35. The third-order valence-corrected chi connectivity index (χ3v) is 2.89. The first kappa shape index (κ1) is 10.9. The van der Waals surface area contributed by atoms with Crippen molar-refractivity contribution >= 4 is 0 Å². The Bertz CT molecular complexity index is 460. The summed E-state index contributed by atoms with van der Waals surface area (Å²) in [7, 11) is 0. The second-order valence-electron chi connectivity index (χ2n) is 4.13. The molecule has 0 amide bonds. The van der Waals surface area contributed by atoms with Crippen LogP contribution in [0.3, 0.4) is 0 Å². The Kier molecular flexibility index (Phi) is 3.37. The van der Waals surface area contributed by atoms with E-state index in [4.69, 9.17) is 5.73 Å². The molecule has 0 atom stereocenters. The van der Waals surface area contributed by atoms with E-state index in [1.807, 2.05) is 6.07 Å². The highest BCUT2D eigenvalue weighted by atomic mass is 14.5. The zero-order valence-electron chi connectivity index (χ0n) is 9.61. The molecule has 0 spiro atoms. The maximum atomic E-state index is 5.66. The van der Waals surface area contributed by atoms with Crippen molar-refractivity contribution < 1.29 is 0 Å². The maximum Gasteiger partial charge on any atom is 0.0178 e. The van der Waals surface area contributed by atoms with Gasteiger partial charge in [-0.2, -0.15) is 0 Å². The summed E-state index contributed by atoms with van der Waals surface area (Å²) in [5, 5.41) is 0. The van der Waals surface area contributed by atoms with Crippen molar-refractivity contribution in [1.82, 2.24) is 0 Å². The summed E-state index contributed by atoms with van der Waals surface area (Å²) in [5.41, 5.74) is 10.9. The van der Waals surface area contributed by atoms with E-state index in [1.54, 1.807) is 0 Å². The van der Waals surface area contributed by atoms with Crippen LogP contribution in [-0.4, -0.2) is 0 Å². The van der Waals surface area contributed by atoms with E-state index in [0.29, 0.717) is 6.54 Å². The van der Waals surface area contributed by atoms with E-state index in [1.165, 1.54) is 22.3 Å². The Morgan fingerprint density at radius 3 is 2.38 bits per heavy atom. The van der Waals surface area contributed by atoms with Crippen molar-refractivity contribution in [3.05, 3.63) is 70.8 Å². The van der Waals surface area contributed by atoms with Gasteiger partial charge in [0.2, 0.25) is 0 Å². The van der Waals surface area contributed by atoms with Crippen LogP contribution in [0.1, 0.15) is 22.3 Å². The first-order valence-corrected chi connectivity index (χ1v) is 5.62. The molecule has 2 aromatic carbocycles. The fourth-order valence-electron chi connectivity index (χ4n) is 1.86. The number of hydrogen-bond acceptors (Lipinski definition) is 1. The van der Waals surface area contributed by atoms with Crippen LogP contribution < -0.4 is 5.73 Å². The predicted molar refractivity (Wildman–Crippen MR) is 68.3 cm³/mol. The molecule has 0 fully saturated rings. The summed E-state index contributed by atoms with van der Waals surface area (Å²) >= 11 is 0. The van der Waals surface area contributed by atoms with Crippen molar-refractivity contribution in [1.29, 1.82) is 0 Å². The van der Waals surface area contributed by atoms with Crippen LogP contribution in [0.15, 0.2) is 48.5 Å². The average molecular weight is 211 g/mol. The van der Waals surface area contributed by atoms with Crippen molar-refractivity contribution in [2.75, 3.05) is 0 Å². The first-order valence-electron chi connectivity index (χ1n) is 5.62. The molecule has 16 heavy (non-hydrogen) atoms. The van der Waals surface area contributed by atoms with Gasteiger partial charge < -0.3 is 5.73 Å². The molecule has 2 aromatic rings. The van der Waals surface area contributed by atoms with Crippen LogP contribution in [0, 0.1) is 6.92 Å². The maximum absolute atomic E-state index is 5.66. The molecule has 1 nitrogen and oxygen atoms in total. The fraction of sp³-hybridized carbons (Fsp3) is 0.200. The fourth-order valence-corrected chi connectivity index (χ4v) is 1.86. The normalized spacial score (nSPS) is 10.4. The third kappa shape index (κ3) is 2.50. The van der Waals surface area contributed by atoms with E-state index >= 15 is 0 Å². The Balaban J connectivity index is 2.27. The lowest BCUT2D eigenvalue weighted by molar-refractivity contribution is 1.05. The Labute approximate surface area is 96.9 Å². The molecule has 0 aliphatic rings. The number of nitrogens with two attached hydrogens (primary N) is 1. The first-order chi connectivity index (χ1) is 7.79. The zero-order chi connectivity index (χ0) is 11.4. The quantitative estimate of drug-likeness (QED) is 0.829. The largest absolute Gasteiger partial charge is 0.326 e. The molecule has 1 heteroatoms. The lowest BCUT2D eigenvalue weighted by Gasteiger charge is -2.08. The van der Waals surface area contributed by atoms with Gasteiger partial charge in [0.15, 0.2) is 0 Å². The minimum atomic E-state index is 0.613. The van der Waals surface area contributed by atoms with Gasteiger partial charge in [0.1, 0.15) is 0 Å². The molecule has 2 rings (SSSR count). The minimum Gasteiger partial charge on any atom is -0.326 e. The Morgan fingerprint density at radius 1 is 0.938 bits per heavy atom. The monoisotopic (exact) mass is 211 g/mol. The molecule has 0 saturated carbocycles. The molecule has 2 N–H and O–H groups in total. The Morgan fingerprint density at radius 2 is 1.69 bits per heavy atom. The second kappa shape index (κ2) is 4.95. The van der Waals surface area contributed by atoms with Gasteiger partial charge >= 0.3 is 0 Å². The summed E-state index contributed by atoms with van der Waals surface area (Å²) in [6.45, 7) is 2.76. The number of rotatable bonds is 3. The standard InChI is InChI=1S/C15H17N/c1-12-7-8-14(11-16)10-15(12)9-13-5-3-2-4-6-13/h2-8,10H,9,11,16H2,1H3. The van der Waals surface area contributed by atoms with Crippen LogP contribution in [0.2, 0.25) is 0 Å². The molecule has 0 unspecified atom stereocenters. The summed E-state index contributed by atoms with van der Waals surface area (Å²) in [6.07, 6.45) is 0.987. The molecule has 0 radical (unpaired) electrons. The lowest BCUT2D eigenvalue weighted by atomic mass is 9.98.